The highest BCUT2D eigenvalue weighted by Gasteiger charge is 2.30. The van der Waals surface area contributed by atoms with E-state index in [9.17, 15) is 14.7 Å². The molecule has 1 N–H and O–H groups in total. The second kappa shape index (κ2) is 8.73. The van der Waals surface area contributed by atoms with Gasteiger partial charge >= 0.3 is 0 Å². The highest BCUT2D eigenvalue weighted by Crippen LogP contribution is 2.34. The Balaban J connectivity index is 1.57. The first-order chi connectivity index (χ1) is 14.5. The summed E-state index contributed by atoms with van der Waals surface area (Å²) < 4.78 is 5.30. The van der Waals surface area contributed by atoms with Crippen LogP contribution in [0.25, 0.3) is 6.08 Å². The zero-order valence-corrected chi connectivity index (χ0v) is 17.3. The number of aromatic hydroxyl groups is 1. The normalized spacial score (nSPS) is 19.7. The molecule has 0 aromatic heterocycles. The molecule has 154 valence electrons. The zero-order chi connectivity index (χ0) is 21.1. The minimum Gasteiger partial charge on any atom is -0.507 e. The Kier molecular flexibility index (Phi) is 5.87. The van der Waals surface area contributed by atoms with Crippen LogP contribution in [0.4, 0.5) is 5.69 Å². The van der Waals surface area contributed by atoms with Gasteiger partial charge < -0.3 is 14.7 Å². The van der Waals surface area contributed by atoms with Crippen molar-refractivity contribution in [2.24, 2.45) is 4.99 Å². The van der Waals surface area contributed by atoms with Gasteiger partial charge in [-0.3, -0.25) is 14.5 Å². The van der Waals surface area contributed by atoms with Crippen LogP contribution in [0, 0.1) is 0 Å². The number of likely N-dealkylation sites (N-methyl/N-ethyl adjacent to an activating group) is 1. The highest BCUT2D eigenvalue weighted by molar-refractivity contribution is 8.18. The number of phenols is 1. The van der Waals surface area contributed by atoms with E-state index < -0.39 is 0 Å². The number of hydrogen-bond donors (Lipinski definition) is 1. The van der Waals surface area contributed by atoms with E-state index in [1.165, 1.54) is 16.7 Å². The Bertz CT molecular complexity index is 1040. The summed E-state index contributed by atoms with van der Waals surface area (Å²) in [5.74, 6) is -0.132. The number of carbonyl (C=O) groups excluding carboxylic acids is 2. The first-order valence-corrected chi connectivity index (χ1v) is 10.4. The predicted octanol–water partition coefficient (Wildman–Crippen LogP) is 3.10. The maximum absolute atomic E-state index is 12.7. The van der Waals surface area contributed by atoms with E-state index in [2.05, 4.69) is 4.99 Å². The van der Waals surface area contributed by atoms with Crippen molar-refractivity contribution in [2.75, 3.05) is 33.4 Å². The third-order valence-corrected chi connectivity index (χ3v) is 5.90. The van der Waals surface area contributed by atoms with Crippen molar-refractivity contribution in [1.29, 1.82) is 0 Å². The molecule has 2 heterocycles. The van der Waals surface area contributed by atoms with Gasteiger partial charge in [0.05, 0.1) is 23.8 Å². The Morgan fingerprint density at radius 3 is 2.70 bits per heavy atom. The van der Waals surface area contributed by atoms with Gasteiger partial charge in [-0.05, 0) is 42.1 Å². The summed E-state index contributed by atoms with van der Waals surface area (Å²) in [4.78, 5) is 33.6. The van der Waals surface area contributed by atoms with E-state index in [1.807, 2.05) is 0 Å². The van der Waals surface area contributed by atoms with Crippen LogP contribution >= 0.6 is 11.8 Å². The molecule has 2 aliphatic heterocycles. The number of phenolic OH excluding ortho intramolecular Hbond substituents is 1. The quantitative estimate of drug-likeness (QED) is 0.767. The molecule has 2 amide bonds. The number of amides is 2. The lowest BCUT2D eigenvalue weighted by Crippen LogP contribution is -2.40. The Labute approximate surface area is 178 Å². The van der Waals surface area contributed by atoms with Gasteiger partial charge in [-0.15, -0.1) is 0 Å². The number of amidine groups is 1. The smallest absolute Gasteiger partial charge is 0.266 e. The van der Waals surface area contributed by atoms with Crippen LogP contribution < -0.4 is 0 Å². The van der Waals surface area contributed by atoms with Crippen molar-refractivity contribution in [2.45, 2.75) is 0 Å². The van der Waals surface area contributed by atoms with Gasteiger partial charge in [-0.2, -0.15) is 0 Å². The molecule has 2 aromatic rings. The molecule has 2 fully saturated rings. The van der Waals surface area contributed by atoms with E-state index in [-0.39, 0.29) is 17.6 Å². The third-order valence-electron chi connectivity index (χ3n) is 4.84. The Morgan fingerprint density at radius 1 is 1.17 bits per heavy atom. The minimum atomic E-state index is -0.192. The summed E-state index contributed by atoms with van der Waals surface area (Å²) in [6.07, 6.45) is 1.65. The molecule has 0 radical (unpaired) electrons. The summed E-state index contributed by atoms with van der Waals surface area (Å²) in [5.41, 5.74) is 1.72. The molecule has 2 aromatic carbocycles. The van der Waals surface area contributed by atoms with E-state index in [1.54, 1.807) is 66.6 Å². The van der Waals surface area contributed by atoms with Crippen molar-refractivity contribution in [3.8, 4) is 5.75 Å². The van der Waals surface area contributed by atoms with Crippen molar-refractivity contribution in [3.05, 3.63) is 64.6 Å². The highest BCUT2D eigenvalue weighted by atomic mass is 32.2. The minimum absolute atomic E-state index is 0.0519. The molecule has 0 atom stereocenters. The fraction of sp³-hybridized carbons (Fsp3) is 0.227. The average molecular weight is 423 g/mol. The maximum atomic E-state index is 12.7. The first-order valence-electron chi connectivity index (χ1n) is 9.54. The molecule has 4 rings (SSSR count). The Hall–Kier alpha value is -3.10. The maximum Gasteiger partial charge on any atom is 0.266 e. The van der Waals surface area contributed by atoms with Crippen molar-refractivity contribution >= 4 is 40.5 Å². The monoisotopic (exact) mass is 423 g/mol. The van der Waals surface area contributed by atoms with Crippen LogP contribution in [0.1, 0.15) is 15.9 Å². The lowest BCUT2D eigenvalue weighted by molar-refractivity contribution is -0.121. The van der Waals surface area contributed by atoms with E-state index in [4.69, 9.17) is 4.74 Å². The number of aliphatic imine (C=N–C) groups is 1. The first kappa shape index (κ1) is 20.2. The largest absolute Gasteiger partial charge is 0.507 e. The summed E-state index contributed by atoms with van der Waals surface area (Å²) in [7, 11) is 1.66. The molecule has 8 heteroatoms. The summed E-state index contributed by atoms with van der Waals surface area (Å²) in [6, 6.07) is 13.9. The molecule has 0 unspecified atom stereocenters. The van der Waals surface area contributed by atoms with Gasteiger partial charge in [0.15, 0.2) is 5.17 Å². The van der Waals surface area contributed by atoms with Crippen LogP contribution in [0.2, 0.25) is 0 Å². The average Bonchev–Trinajstić information content (AvgIpc) is 3.03. The number of carbonyl (C=O) groups is 2. The van der Waals surface area contributed by atoms with Gasteiger partial charge in [0.1, 0.15) is 5.75 Å². The SMILES string of the molecule is CN1C(=O)/C(=C\c2ccccc2O)SC1=Nc1cccc(C(=O)N2CCOCC2)c1. The molecule has 0 spiro atoms. The van der Waals surface area contributed by atoms with E-state index in [0.717, 1.165) is 0 Å². The zero-order valence-electron chi connectivity index (χ0n) is 16.4. The molecule has 30 heavy (non-hydrogen) atoms. The number of thioether (sulfide) groups is 1. The van der Waals surface area contributed by atoms with Crippen molar-refractivity contribution < 1.29 is 19.4 Å². The number of nitrogens with zero attached hydrogens (tertiary/aromatic N) is 3. The summed E-state index contributed by atoms with van der Waals surface area (Å²) >= 11 is 1.23. The van der Waals surface area contributed by atoms with Gasteiger partial charge in [-0.1, -0.05) is 24.3 Å². The van der Waals surface area contributed by atoms with Gasteiger partial charge in [-0.25, -0.2) is 4.99 Å². The van der Waals surface area contributed by atoms with Crippen LogP contribution in [-0.2, 0) is 9.53 Å². The summed E-state index contributed by atoms with van der Waals surface area (Å²) in [5, 5.41) is 10.5. The van der Waals surface area contributed by atoms with Gasteiger partial charge in [0.2, 0.25) is 0 Å². The lowest BCUT2D eigenvalue weighted by atomic mass is 10.1. The van der Waals surface area contributed by atoms with E-state index in [0.29, 0.717) is 53.2 Å². The number of ether oxygens (including phenoxy) is 1. The molecular formula is C22H21N3O4S. The molecule has 7 nitrogen and oxygen atoms in total. The molecule has 2 aliphatic rings. The number of benzene rings is 2. The van der Waals surface area contributed by atoms with Crippen molar-refractivity contribution in [1.82, 2.24) is 9.80 Å². The van der Waals surface area contributed by atoms with Crippen LogP contribution in [0.15, 0.2) is 58.4 Å². The predicted molar refractivity (Wildman–Crippen MR) is 117 cm³/mol. The molecule has 2 saturated heterocycles. The summed E-state index contributed by atoms with van der Waals surface area (Å²) in [6.45, 7) is 2.24. The van der Waals surface area contributed by atoms with Gasteiger partial charge in [0, 0.05) is 31.3 Å². The van der Waals surface area contributed by atoms with Gasteiger partial charge in [0.25, 0.3) is 11.8 Å². The number of para-hydroxylation sites is 1. The molecular weight excluding hydrogens is 402 g/mol. The van der Waals surface area contributed by atoms with Crippen LogP contribution in [-0.4, -0.2) is 65.2 Å². The molecule has 0 saturated carbocycles. The second-order valence-electron chi connectivity index (χ2n) is 6.88. The molecule has 0 bridgehead atoms. The lowest BCUT2D eigenvalue weighted by Gasteiger charge is -2.26. The number of morpholine rings is 1. The number of hydrogen-bond acceptors (Lipinski definition) is 6. The third kappa shape index (κ3) is 4.24. The number of rotatable bonds is 3. The van der Waals surface area contributed by atoms with Crippen LogP contribution in [0.5, 0.6) is 5.75 Å². The van der Waals surface area contributed by atoms with Crippen molar-refractivity contribution in [3.63, 3.8) is 0 Å². The fourth-order valence-electron chi connectivity index (χ4n) is 3.17. The fourth-order valence-corrected chi connectivity index (χ4v) is 4.15. The molecule has 0 aliphatic carbocycles. The van der Waals surface area contributed by atoms with Crippen LogP contribution in [0.3, 0.4) is 0 Å². The standard InChI is InChI=1S/C22H21N3O4S/c1-24-21(28)19(14-15-5-2-3-8-18(15)26)30-22(24)23-17-7-4-6-16(13-17)20(27)25-9-11-29-12-10-25/h2-8,13-14,26H,9-12H2,1H3/b19-14+,23-22?. The topological polar surface area (TPSA) is 82.4 Å². The Morgan fingerprint density at radius 2 is 1.93 bits per heavy atom. The second-order valence-corrected chi connectivity index (χ2v) is 7.89. The van der Waals surface area contributed by atoms with E-state index >= 15 is 0 Å².